The Balaban J connectivity index is 2.81. The molecule has 0 aliphatic carbocycles. The van der Waals surface area contributed by atoms with Crippen LogP contribution in [0.15, 0.2) is 6.07 Å². The largest absolute Gasteiger partial charge is 0.366 e. The van der Waals surface area contributed by atoms with Crippen molar-refractivity contribution < 1.29 is 0 Å². The van der Waals surface area contributed by atoms with Crippen LogP contribution in [0.1, 0.15) is 25.4 Å². The zero-order chi connectivity index (χ0) is 10.6. The summed E-state index contributed by atoms with van der Waals surface area (Å²) in [6.45, 7) is 6.00. The molecule has 0 bridgehead atoms. The Labute approximate surface area is 89.9 Å². The first-order valence-electron chi connectivity index (χ1n) is 4.82. The Hall–Kier alpha value is -0.830. The molecule has 1 rings (SSSR count). The van der Waals surface area contributed by atoms with Crippen molar-refractivity contribution in [1.29, 1.82) is 0 Å². The van der Waals surface area contributed by atoms with Crippen LogP contribution in [0, 0.1) is 6.92 Å². The van der Waals surface area contributed by atoms with Gasteiger partial charge in [-0.15, -0.1) is 11.6 Å². The molecule has 0 aliphatic rings. The summed E-state index contributed by atoms with van der Waals surface area (Å²) in [6, 6.07) is 2.20. The molecule has 0 saturated heterocycles. The van der Waals surface area contributed by atoms with Crippen molar-refractivity contribution in [3.63, 3.8) is 0 Å². The normalized spacial score (nSPS) is 12.6. The number of aromatic nitrogens is 2. The molecule has 0 aliphatic heterocycles. The molecule has 0 amide bonds. The van der Waals surface area contributed by atoms with Gasteiger partial charge in [0.2, 0.25) is 0 Å². The molecular weight excluding hydrogens is 198 g/mol. The summed E-state index contributed by atoms with van der Waals surface area (Å²) in [6.07, 6.45) is 0.924. The maximum atomic E-state index is 5.71. The Kier molecular flexibility index (Phi) is 4.14. The number of aryl methyl sites for hydroxylation is 2. The molecular formula is C10H16ClN3. The van der Waals surface area contributed by atoms with Crippen molar-refractivity contribution >= 4 is 17.4 Å². The van der Waals surface area contributed by atoms with Crippen molar-refractivity contribution in [2.75, 3.05) is 11.2 Å². The second kappa shape index (κ2) is 5.15. The topological polar surface area (TPSA) is 37.8 Å². The number of nitrogens with one attached hydrogen (secondary N) is 1. The summed E-state index contributed by atoms with van der Waals surface area (Å²) in [4.78, 5) is 8.59. The number of anilines is 1. The highest BCUT2D eigenvalue weighted by Crippen LogP contribution is 2.08. The number of alkyl halides is 1. The third kappa shape index (κ3) is 3.14. The first kappa shape index (κ1) is 11.2. The van der Waals surface area contributed by atoms with E-state index in [0.717, 1.165) is 23.8 Å². The van der Waals surface area contributed by atoms with Crippen LogP contribution < -0.4 is 5.32 Å². The Morgan fingerprint density at radius 1 is 1.50 bits per heavy atom. The molecule has 0 fully saturated rings. The summed E-state index contributed by atoms with van der Waals surface area (Å²) in [5.41, 5.74) is 1.06. The van der Waals surface area contributed by atoms with E-state index in [-0.39, 0.29) is 6.04 Å². The third-order valence-electron chi connectivity index (χ3n) is 1.88. The van der Waals surface area contributed by atoms with Crippen LogP contribution in [0.4, 0.5) is 5.82 Å². The van der Waals surface area contributed by atoms with E-state index in [4.69, 9.17) is 11.6 Å². The van der Waals surface area contributed by atoms with Crippen LogP contribution in [-0.4, -0.2) is 21.9 Å². The molecule has 0 spiro atoms. The lowest BCUT2D eigenvalue weighted by atomic mass is 10.3. The lowest BCUT2D eigenvalue weighted by molar-refractivity contribution is 0.876. The summed E-state index contributed by atoms with van der Waals surface area (Å²) >= 11 is 5.71. The minimum atomic E-state index is 0.232. The zero-order valence-electron chi connectivity index (χ0n) is 8.84. The average Bonchev–Trinajstić information content (AvgIpc) is 2.16. The van der Waals surface area contributed by atoms with Crippen LogP contribution in [0.25, 0.3) is 0 Å². The highest BCUT2D eigenvalue weighted by atomic mass is 35.5. The molecule has 1 aromatic heterocycles. The first-order valence-corrected chi connectivity index (χ1v) is 5.36. The van der Waals surface area contributed by atoms with Gasteiger partial charge in [-0.25, -0.2) is 9.97 Å². The van der Waals surface area contributed by atoms with Crippen LogP contribution in [0.3, 0.4) is 0 Å². The van der Waals surface area contributed by atoms with Gasteiger partial charge in [-0.3, -0.25) is 0 Å². The number of nitrogens with zero attached hydrogens (tertiary/aromatic N) is 2. The summed E-state index contributed by atoms with van der Waals surface area (Å²) in [5, 5.41) is 3.22. The molecule has 3 nitrogen and oxygen atoms in total. The highest BCUT2D eigenvalue weighted by Gasteiger charge is 2.03. The van der Waals surface area contributed by atoms with Gasteiger partial charge in [0.05, 0.1) is 0 Å². The zero-order valence-corrected chi connectivity index (χ0v) is 9.60. The predicted molar refractivity (Wildman–Crippen MR) is 60.0 cm³/mol. The van der Waals surface area contributed by atoms with E-state index in [1.807, 2.05) is 19.9 Å². The second-order valence-electron chi connectivity index (χ2n) is 3.34. The maximum absolute atomic E-state index is 5.71. The van der Waals surface area contributed by atoms with Crippen molar-refractivity contribution in [3.8, 4) is 0 Å². The summed E-state index contributed by atoms with van der Waals surface area (Å²) < 4.78 is 0. The molecule has 0 saturated carbocycles. The predicted octanol–water partition coefficient (Wildman–Crippen LogP) is 2.39. The highest BCUT2D eigenvalue weighted by molar-refractivity contribution is 6.18. The van der Waals surface area contributed by atoms with Gasteiger partial charge < -0.3 is 5.32 Å². The van der Waals surface area contributed by atoms with Gasteiger partial charge in [-0.1, -0.05) is 6.92 Å². The van der Waals surface area contributed by atoms with E-state index < -0.39 is 0 Å². The fourth-order valence-electron chi connectivity index (χ4n) is 1.18. The van der Waals surface area contributed by atoms with E-state index >= 15 is 0 Å². The quantitative estimate of drug-likeness (QED) is 0.781. The van der Waals surface area contributed by atoms with E-state index in [9.17, 15) is 0 Å². The molecule has 1 heterocycles. The van der Waals surface area contributed by atoms with E-state index in [2.05, 4.69) is 22.2 Å². The van der Waals surface area contributed by atoms with Crippen molar-refractivity contribution in [2.45, 2.75) is 33.2 Å². The molecule has 1 aromatic rings. The van der Waals surface area contributed by atoms with Gasteiger partial charge in [-0.05, 0) is 20.3 Å². The molecule has 78 valence electrons. The molecule has 1 atom stereocenters. The fourth-order valence-corrected chi connectivity index (χ4v) is 1.25. The number of hydrogen-bond donors (Lipinski definition) is 1. The third-order valence-corrected chi connectivity index (χ3v) is 2.34. The molecule has 1 N–H and O–H groups in total. The van der Waals surface area contributed by atoms with E-state index in [1.165, 1.54) is 0 Å². The van der Waals surface area contributed by atoms with Gasteiger partial charge in [-0.2, -0.15) is 0 Å². The smallest absolute Gasteiger partial charge is 0.130 e. The van der Waals surface area contributed by atoms with Gasteiger partial charge in [0.25, 0.3) is 0 Å². The number of hydrogen-bond acceptors (Lipinski definition) is 3. The standard InChI is InChI=1S/C10H16ClN3/c1-4-9-5-10(12-7(2)6-11)14-8(3)13-9/h5,7H,4,6H2,1-3H3,(H,12,13,14). The van der Waals surface area contributed by atoms with Gasteiger partial charge in [0.1, 0.15) is 11.6 Å². The van der Waals surface area contributed by atoms with E-state index in [1.54, 1.807) is 0 Å². The number of rotatable bonds is 4. The lowest BCUT2D eigenvalue weighted by Crippen LogP contribution is -2.18. The molecule has 1 unspecified atom stereocenters. The first-order chi connectivity index (χ1) is 6.65. The van der Waals surface area contributed by atoms with Crippen LogP contribution in [-0.2, 0) is 6.42 Å². The molecule has 4 heteroatoms. The monoisotopic (exact) mass is 213 g/mol. The van der Waals surface area contributed by atoms with Gasteiger partial charge in [0.15, 0.2) is 0 Å². The minimum absolute atomic E-state index is 0.232. The second-order valence-corrected chi connectivity index (χ2v) is 3.65. The molecule has 0 aromatic carbocycles. The average molecular weight is 214 g/mol. The SMILES string of the molecule is CCc1cc(NC(C)CCl)nc(C)n1. The Morgan fingerprint density at radius 3 is 2.79 bits per heavy atom. The van der Waals surface area contributed by atoms with E-state index in [0.29, 0.717) is 5.88 Å². The van der Waals surface area contributed by atoms with Crippen LogP contribution in [0.5, 0.6) is 0 Å². The van der Waals surface area contributed by atoms with Crippen LogP contribution >= 0.6 is 11.6 Å². The molecule has 14 heavy (non-hydrogen) atoms. The van der Waals surface area contributed by atoms with Crippen LogP contribution in [0.2, 0.25) is 0 Å². The fraction of sp³-hybridized carbons (Fsp3) is 0.600. The number of halogens is 1. The van der Waals surface area contributed by atoms with Gasteiger partial charge >= 0.3 is 0 Å². The Morgan fingerprint density at radius 2 is 2.21 bits per heavy atom. The van der Waals surface area contributed by atoms with Crippen molar-refractivity contribution in [3.05, 3.63) is 17.6 Å². The Bertz CT molecular complexity index is 301. The van der Waals surface area contributed by atoms with Crippen molar-refractivity contribution in [2.24, 2.45) is 0 Å². The van der Waals surface area contributed by atoms with Gasteiger partial charge in [0, 0.05) is 23.7 Å². The summed E-state index contributed by atoms with van der Waals surface area (Å²) in [5.74, 6) is 2.24. The van der Waals surface area contributed by atoms with Crippen molar-refractivity contribution in [1.82, 2.24) is 9.97 Å². The minimum Gasteiger partial charge on any atom is -0.366 e. The summed E-state index contributed by atoms with van der Waals surface area (Å²) in [7, 11) is 0. The lowest BCUT2D eigenvalue weighted by Gasteiger charge is -2.12. The maximum Gasteiger partial charge on any atom is 0.130 e. The molecule has 0 radical (unpaired) electrons.